The first-order valence-corrected chi connectivity index (χ1v) is 6.18. The zero-order valence-corrected chi connectivity index (χ0v) is 11.1. The van der Waals surface area contributed by atoms with Crippen LogP contribution in [-0.2, 0) is 0 Å². The van der Waals surface area contributed by atoms with Crippen molar-refractivity contribution in [1.29, 1.82) is 0 Å². The molecule has 0 spiro atoms. The Morgan fingerprint density at radius 2 is 2.21 bits per heavy atom. The van der Waals surface area contributed by atoms with Crippen molar-refractivity contribution in [2.45, 2.75) is 12.5 Å². The van der Waals surface area contributed by atoms with Gasteiger partial charge in [0, 0.05) is 30.8 Å². The molecule has 0 bridgehead atoms. The maximum atomic E-state index is 11.1. The van der Waals surface area contributed by atoms with Gasteiger partial charge in [0.25, 0.3) is 5.69 Å². The third-order valence-corrected chi connectivity index (χ3v) is 3.57. The normalized spacial score (nSPS) is 18.9. The van der Waals surface area contributed by atoms with Crippen molar-refractivity contribution in [3.05, 3.63) is 33.9 Å². The summed E-state index contributed by atoms with van der Waals surface area (Å²) >= 11 is 0. The van der Waals surface area contributed by atoms with Crippen molar-refractivity contribution in [3.8, 4) is 0 Å². The Morgan fingerprint density at radius 1 is 1.47 bits per heavy atom. The molecule has 0 aromatic heterocycles. The van der Waals surface area contributed by atoms with Gasteiger partial charge < -0.3 is 9.80 Å². The molecule has 0 saturated carbocycles. The molecular weight excluding hydrogens is 246 g/mol. The summed E-state index contributed by atoms with van der Waals surface area (Å²) in [6, 6.07) is 4.87. The zero-order chi connectivity index (χ0) is 14.0. The van der Waals surface area contributed by atoms with E-state index in [2.05, 4.69) is 4.90 Å². The topological polar surface area (TPSA) is 66.7 Å². The Bertz CT molecular complexity index is 502. The summed E-state index contributed by atoms with van der Waals surface area (Å²) in [4.78, 5) is 25.6. The van der Waals surface area contributed by atoms with Crippen LogP contribution >= 0.6 is 0 Å². The van der Waals surface area contributed by atoms with Crippen molar-refractivity contribution in [2.24, 2.45) is 0 Å². The van der Waals surface area contributed by atoms with Gasteiger partial charge in [0.05, 0.1) is 4.92 Å². The molecule has 0 aliphatic carbocycles. The summed E-state index contributed by atoms with van der Waals surface area (Å²) in [7, 11) is 4.01. The number of likely N-dealkylation sites (N-methyl/N-ethyl adjacent to an activating group) is 1. The minimum Gasteiger partial charge on any atom is -0.364 e. The van der Waals surface area contributed by atoms with Gasteiger partial charge in [0.15, 0.2) is 0 Å². The smallest absolute Gasteiger partial charge is 0.292 e. The Labute approximate surface area is 111 Å². The van der Waals surface area contributed by atoms with Crippen molar-refractivity contribution in [2.75, 3.05) is 32.1 Å². The monoisotopic (exact) mass is 263 g/mol. The molecule has 0 amide bonds. The fourth-order valence-electron chi connectivity index (χ4n) is 2.40. The van der Waals surface area contributed by atoms with Crippen LogP contribution < -0.4 is 4.90 Å². The van der Waals surface area contributed by atoms with Crippen molar-refractivity contribution in [3.63, 3.8) is 0 Å². The van der Waals surface area contributed by atoms with Crippen LogP contribution in [0.15, 0.2) is 18.2 Å². The third kappa shape index (κ3) is 2.73. The van der Waals surface area contributed by atoms with Crippen LogP contribution in [0.5, 0.6) is 0 Å². The second-order valence-corrected chi connectivity index (χ2v) is 4.98. The molecule has 1 aliphatic rings. The molecule has 1 aliphatic heterocycles. The molecule has 1 saturated heterocycles. The van der Waals surface area contributed by atoms with Crippen LogP contribution in [0.25, 0.3) is 0 Å². The molecule has 1 atom stereocenters. The minimum absolute atomic E-state index is 0.0602. The van der Waals surface area contributed by atoms with Crippen LogP contribution in [0.2, 0.25) is 0 Å². The lowest BCUT2D eigenvalue weighted by molar-refractivity contribution is -0.384. The maximum Gasteiger partial charge on any atom is 0.292 e. The Kier molecular flexibility index (Phi) is 3.80. The second-order valence-electron chi connectivity index (χ2n) is 4.98. The number of nitro groups is 1. The number of hydrogen-bond acceptors (Lipinski definition) is 5. The van der Waals surface area contributed by atoms with E-state index in [9.17, 15) is 14.9 Å². The summed E-state index contributed by atoms with van der Waals surface area (Å²) in [5.41, 5.74) is 1.07. The van der Waals surface area contributed by atoms with Gasteiger partial charge in [-0.25, -0.2) is 0 Å². The van der Waals surface area contributed by atoms with Gasteiger partial charge in [-0.3, -0.25) is 14.9 Å². The predicted molar refractivity (Wildman–Crippen MR) is 72.8 cm³/mol. The molecule has 2 rings (SSSR count). The highest BCUT2D eigenvalue weighted by Crippen LogP contribution is 2.32. The van der Waals surface area contributed by atoms with E-state index < -0.39 is 4.92 Å². The first kappa shape index (κ1) is 13.5. The first-order chi connectivity index (χ1) is 9.02. The fourth-order valence-corrected chi connectivity index (χ4v) is 2.40. The Balaban J connectivity index is 2.32. The molecule has 19 heavy (non-hydrogen) atoms. The Morgan fingerprint density at radius 3 is 2.74 bits per heavy atom. The van der Waals surface area contributed by atoms with Crippen molar-refractivity contribution in [1.82, 2.24) is 4.90 Å². The molecule has 1 unspecified atom stereocenters. The fraction of sp³-hybridized carbons (Fsp3) is 0.462. The quantitative estimate of drug-likeness (QED) is 0.468. The van der Waals surface area contributed by atoms with Gasteiger partial charge >= 0.3 is 0 Å². The van der Waals surface area contributed by atoms with Gasteiger partial charge in [0.2, 0.25) is 0 Å². The van der Waals surface area contributed by atoms with E-state index in [-0.39, 0.29) is 5.69 Å². The van der Waals surface area contributed by atoms with Crippen LogP contribution in [-0.4, -0.2) is 49.3 Å². The van der Waals surface area contributed by atoms with E-state index in [0.717, 1.165) is 19.5 Å². The summed E-state index contributed by atoms with van der Waals surface area (Å²) in [6.07, 6.45) is 1.68. The standard InChI is InChI=1S/C13H17N3O3/c1-14(2)11-5-6-15(8-11)13-7-10(9-17)3-4-12(13)16(18)19/h3-4,7,9,11H,5-6,8H2,1-2H3. The van der Waals surface area contributed by atoms with E-state index in [0.29, 0.717) is 23.6 Å². The van der Waals surface area contributed by atoms with Gasteiger partial charge in [-0.2, -0.15) is 0 Å². The number of anilines is 1. The molecule has 6 heteroatoms. The highest BCUT2D eigenvalue weighted by atomic mass is 16.6. The number of carbonyl (C=O) groups is 1. The van der Waals surface area contributed by atoms with Crippen molar-refractivity contribution >= 4 is 17.7 Å². The number of aldehydes is 1. The average molecular weight is 263 g/mol. The molecule has 1 fully saturated rings. The van der Waals surface area contributed by atoms with Gasteiger partial charge in [-0.15, -0.1) is 0 Å². The highest BCUT2D eigenvalue weighted by molar-refractivity contribution is 5.80. The van der Waals surface area contributed by atoms with E-state index in [4.69, 9.17) is 0 Å². The molecule has 1 aromatic rings. The lowest BCUT2D eigenvalue weighted by Gasteiger charge is -2.21. The van der Waals surface area contributed by atoms with Crippen LogP contribution in [0.4, 0.5) is 11.4 Å². The lowest BCUT2D eigenvalue weighted by Crippen LogP contribution is -2.31. The predicted octanol–water partition coefficient (Wildman–Crippen LogP) is 1.55. The van der Waals surface area contributed by atoms with E-state index in [1.807, 2.05) is 19.0 Å². The number of hydrogen-bond donors (Lipinski definition) is 0. The number of carbonyl (C=O) groups excluding carboxylic acids is 1. The molecular formula is C13H17N3O3. The largest absolute Gasteiger partial charge is 0.364 e. The van der Waals surface area contributed by atoms with Crippen LogP contribution in [0.1, 0.15) is 16.8 Å². The summed E-state index contributed by atoms with van der Waals surface area (Å²) in [6.45, 7) is 1.52. The molecule has 0 N–H and O–H groups in total. The van der Waals surface area contributed by atoms with Crippen molar-refractivity contribution < 1.29 is 9.72 Å². The number of nitro benzene ring substituents is 1. The molecule has 0 radical (unpaired) electrons. The summed E-state index contributed by atoms with van der Waals surface area (Å²) in [5, 5.41) is 11.1. The summed E-state index contributed by atoms with van der Waals surface area (Å²) in [5.74, 6) is 0. The molecule has 1 aromatic carbocycles. The van der Waals surface area contributed by atoms with Crippen LogP contribution in [0.3, 0.4) is 0 Å². The van der Waals surface area contributed by atoms with Gasteiger partial charge in [-0.1, -0.05) is 0 Å². The number of nitrogens with zero attached hydrogens (tertiary/aromatic N) is 3. The molecule has 6 nitrogen and oxygen atoms in total. The highest BCUT2D eigenvalue weighted by Gasteiger charge is 2.28. The minimum atomic E-state index is -0.396. The van der Waals surface area contributed by atoms with Gasteiger partial charge in [-0.05, 0) is 32.6 Å². The third-order valence-electron chi connectivity index (χ3n) is 3.57. The first-order valence-electron chi connectivity index (χ1n) is 6.18. The SMILES string of the molecule is CN(C)C1CCN(c2cc(C=O)ccc2[N+](=O)[O-])C1. The van der Waals surface area contributed by atoms with E-state index >= 15 is 0 Å². The average Bonchev–Trinajstić information content (AvgIpc) is 2.87. The second kappa shape index (κ2) is 5.36. The van der Waals surface area contributed by atoms with E-state index in [1.54, 1.807) is 6.07 Å². The Hall–Kier alpha value is -1.95. The number of benzene rings is 1. The van der Waals surface area contributed by atoms with Crippen LogP contribution in [0, 0.1) is 10.1 Å². The maximum absolute atomic E-state index is 11.1. The zero-order valence-electron chi connectivity index (χ0n) is 11.1. The van der Waals surface area contributed by atoms with E-state index in [1.165, 1.54) is 12.1 Å². The number of rotatable bonds is 4. The van der Waals surface area contributed by atoms with Gasteiger partial charge in [0.1, 0.15) is 12.0 Å². The molecule has 102 valence electrons. The lowest BCUT2D eigenvalue weighted by atomic mass is 10.1. The molecule has 1 heterocycles. The summed E-state index contributed by atoms with van der Waals surface area (Å²) < 4.78 is 0.